The number of carbonyl (C=O) groups excluding carboxylic acids is 1. The molecule has 0 bridgehead atoms. The maximum absolute atomic E-state index is 11.8. The first kappa shape index (κ1) is 13.8. The van der Waals surface area contributed by atoms with E-state index in [1.54, 1.807) is 11.8 Å². The molecule has 1 aliphatic carbocycles. The van der Waals surface area contributed by atoms with Crippen molar-refractivity contribution in [1.82, 2.24) is 14.7 Å². The van der Waals surface area contributed by atoms with Gasteiger partial charge in [-0.25, -0.2) is 4.98 Å². The molecule has 1 aliphatic rings. The van der Waals surface area contributed by atoms with Crippen LogP contribution in [0.5, 0.6) is 0 Å². The zero-order chi connectivity index (χ0) is 13.0. The minimum Gasteiger partial charge on any atom is -0.465 e. The van der Waals surface area contributed by atoms with Gasteiger partial charge in [0, 0.05) is 11.8 Å². The first-order valence-corrected chi connectivity index (χ1v) is 7.80. The van der Waals surface area contributed by atoms with Crippen LogP contribution in [0.25, 0.3) is 0 Å². The van der Waals surface area contributed by atoms with Gasteiger partial charge in [0.15, 0.2) is 4.34 Å². The van der Waals surface area contributed by atoms with Crippen molar-refractivity contribution in [2.45, 2.75) is 43.1 Å². The lowest BCUT2D eigenvalue weighted by Crippen LogP contribution is -2.41. The molecule has 1 saturated carbocycles. The molecule has 0 saturated heterocycles. The van der Waals surface area contributed by atoms with Gasteiger partial charge in [-0.1, -0.05) is 11.8 Å². The molecule has 0 radical (unpaired) electrons. The van der Waals surface area contributed by atoms with Crippen molar-refractivity contribution >= 4 is 29.3 Å². The highest BCUT2D eigenvalue weighted by Gasteiger charge is 2.29. The van der Waals surface area contributed by atoms with E-state index in [1.165, 1.54) is 11.5 Å². The number of rotatable bonds is 7. The summed E-state index contributed by atoms with van der Waals surface area (Å²) < 4.78 is 10.1. The third-order valence-electron chi connectivity index (χ3n) is 2.47. The molecule has 0 aromatic carbocycles. The molecule has 0 amide bonds. The normalized spacial score (nSPS) is 16.6. The largest absolute Gasteiger partial charge is 0.465 e. The fourth-order valence-electron chi connectivity index (χ4n) is 1.45. The second kappa shape index (κ2) is 6.49. The van der Waals surface area contributed by atoms with Crippen molar-refractivity contribution in [3.05, 3.63) is 5.82 Å². The number of nitrogens with zero attached hydrogens (tertiary/aromatic N) is 2. The van der Waals surface area contributed by atoms with E-state index in [4.69, 9.17) is 4.74 Å². The molecular weight excluding hydrogens is 270 g/mol. The number of aromatic nitrogens is 2. The second-order valence-electron chi connectivity index (χ2n) is 4.16. The van der Waals surface area contributed by atoms with Crippen LogP contribution in [0.3, 0.4) is 0 Å². The topological polar surface area (TPSA) is 64.1 Å². The van der Waals surface area contributed by atoms with Crippen LogP contribution in [0, 0.1) is 6.92 Å². The van der Waals surface area contributed by atoms with Gasteiger partial charge < -0.3 is 10.1 Å². The van der Waals surface area contributed by atoms with E-state index in [-0.39, 0.29) is 12.0 Å². The fourth-order valence-corrected chi connectivity index (χ4v) is 3.14. The lowest BCUT2D eigenvalue weighted by atomic mass is 10.3. The average molecular weight is 287 g/mol. The number of nitrogens with one attached hydrogen (secondary N) is 1. The Hall–Kier alpha value is -0.660. The molecule has 1 aromatic heterocycles. The zero-order valence-corrected chi connectivity index (χ0v) is 12.1. The third kappa shape index (κ3) is 4.22. The maximum Gasteiger partial charge on any atom is 0.324 e. The minimum atomic E-state index is -0.244. The Morgan fingerprint density at radius 1 is 1.67 bits per heavy atom. The van der Waals surface area contributed by atoms with E-state index < -0.39 is 0 Å². The summed E-state index contributed by atoms with van der Waals surface area (Å²) in [5.41, 5.74) is 0. The van der Waals surface area contributed by atoms with E-state index in [1.807, 2.05) is 13.8 Å². The fraction of sp³-hybridized carbons (Fsp3) is 0.727. The van der Waals surface area contributed by atoms with E-state index >= 15 is 0 Å². The molecule has 1 N–H and O–H groups in total. The van der Waals surface area contributed by atoms with Gasteiger partial charge in [-0.15, -0.1) is 0 Å². The van der Waals surface area contributed by atoms with Crippen LogP contribution in [0.4, 0.5) is 0 Å². The molecule has 1 aromatic rings. The summed E-state index contributed by atoms with van der Waals surface area (Å²) >= 11 is 2.93. The highest BCUT2D eigenvalue weighted by atomic mass is 32.2. The minimum absolute atomic E-state index is 0.168. The smallest absolute Gasteiger partial charge is 0.324 e. The van der Waals surface area contributed by atoms with E-state index in [0.717, 1.165) is 23.0 Å². The molecule has 18 heavy (non-hydrogen) atoms. The maximum atomic E-state index is 11.8. The van der Waals surface area contributed by atoms with E-state index in [2.05, 4.69) is 14.7 Å². The predicted octanol–water partition coefficient (Wildman–Crippen LogP) is 1.62. The van der Waals surface area contributed by atoms with E-state index in [0.29, 0.717) is 18.4 Å². The van der Waals surface area contributed by atoms with Crippen molar-refractivity contribution in [1.29, 1.82) is 0 Å². The number of hydrogen-bond acceptors (Lipinski definition) is 7. The van der Waals surface area contributed by atoms with Crippen LogP contribution in [0.2, 0.25) is 0 Å². The van der Waals surface area contributed by atoms with Crippen LogP contribution in [0.1, 0.15) is 25.6 Å². The summed E-state index contributed by atoms with van der Waals surface area (Å²) in [5, 5.41) is 3.31. The molecule has 2 rings (SSSR count). The summed E-state index contributed by atoms with van der Waals surface area (Å²) in [6.45, 7) is 4.11. The Balaban J connectivity index is 1.85. The molecule has 1 unspecified atom stereocenters. The Morgan fingerprint density at radius 3 is 3.00 bits per heavy atom. The zero-order valence-electron chi connectivity index (χ0n) is 10.5. The predicted molar refractivity (Wildman–Crippen MR) is 71.9 cm³/mol. The number of thioether (sulfide) groups is 1. The Bertz CT molecular complexity index is 407. The monoisotopic (exact) mass is 287 g/mol. The third-order valence-corrected chi connectivity index (χ3v) is 4.49. The van der Waals surface area contributed by atoms with Gasteiger partial charge in [0.1, 0.15) is 11.9 Å². The van der Waals surface area contributed by atoms with Crippen molar-refractivity contribution in [3.63, 3.8) is 0 Å². The van der Waals surface area contributed by atoms with Crippen molar-refractivity contribution < 1.29 is 9.53 Å². The van der Waals surface area contributed by atoms with Crippen LogP contribution in [0.15, 0.2) is 4.34 Å². The first-order valence-electron chi connectivity index (χ1n) is 6.05. The molecular formula is C11H17N3O2S2. The van der Waals surface area contributed by atoms with Crippen LogP contribution in [-0.4, -0.2) is 39.8 Å². The molecule has 1 heterocycles. The van der Waals surface area contributed by atoms with Crippen LogP contribution in [-0.2, 0) is 9.53 Å². The molecule has 0 aliphatic heterocycles. The second-order valence-corrected chi connectivity index (χ2v) is 6.18. The number of hydrogen-bond donors (Lipinski definition) is 1. The van der Waals surface area contributed by atoms with Gasteiger partial charge >= 0.3 is 5.97 Å². The Morgan fingerprint density at radius 2 is 2.44 bits per heavy atom. The molecule has 5 nitrogen and oxygen atoms in total. The molecule has 1 fully saturated rings. The number of carbonyl (C=O) groups is 1. The molecule has 100 valence electrons. The molecule has 1 atom stereocenters. The van der Waals surface area contributed by atoms with Gasteiger partial charge in [0.2, 0.25) is 0 Å². The molecule has 0 spiro atoms. The van der Waals surface area contributed by atoms with Crippen LogP contribution < -0.4 is 5.32 Å². The van der Waals surface area contributed by atoms with Gasteiger partial charge in [-0.2, -0.15) is 4.37 Å². The quantitative estimate of drug-likeness (QED) is 0.607. The van der Waals surface area contributed by atoms with Crippen molar-refractivity contribution in [2.75, 3.05) is 12.4 Å². The van der Waals surface area contributed by atoms with Gasteiger partial charge in [0.25, 0.3) is 0 Å². The average Bonchev–Trinajstić information content (AvgIpc) is 3.06. The van der Waals surface area contributed by atoms with Crippen molar-refractivity contribution in [3.8, 4) is 0 Å². The summed E-state index contributed by atoms with van der Waals surface area (Å²) in [4.78, 5) is 16.1. The van der Waals surface area contributed by atoms with Crippen molar-refractivity contribution in [2.24, 2.45) is 0 Å². The van der Waals surface area contributed by atoms with Crippen LogP contribution >= 0.6 is 23.3 Å². The first-order chi connectivity index (χ1) is 8.69. The number of aryl methyl sites for hydroxylation is 1. The molecule has 7 heteroatoms. The lowest BCUT2D eigenvalue weighted by Gasteiger charge is -2.15. The summed E-state index contributed by atoms with van der Waals surface area (Å²) in [6, 6.07) is 0.239. The Kier molecular flexibility index (Phi) is 4.96. The lowest BCUT2D eigenvalue weighted by molar-refractivity contribution is -0.145. The van der Waals surface area contributed by atoms with Gasteiger partial charge in [-0.05, 0) is 38.2 Å². The van der Waals surface area contributed by atoms with Gasteiger partial charge in [-0.3, -0.25) is 4.79 Å². The van der Waals surface area contributed by atoms with E-state index in [9.17, 15) is 4.79 Å². The highest BCUT2D eigenvalue weighted by molar-refractivity contribution is 8.01. The number of ether oxygens (including phenoxy) is 1. The summed E-state index contributed by atoms with van der Waals surface area (Å²) in [5.74, 6) is 1.26. The van der Waals surface area contributed by atoms with Gasteiger partial charge in [0.05, 0.1) is 6.61 Å². The standard InChI is InChI=1S/C11H17N3O2S2/c1-3-16-10(15)9(13-8-4-5-8)6-17-11-12-7(2)14-18-11/h8-9,13H,3-6H2,1-2H3. The highest BCUT2D eigenvalue weighted by Crippen LogP contribution is 2.24. The SMILES string of the molecule is CCOC(=O)C(CSc1nc(C)ns1)NC1CC1. The number of esters is 1. The summed E-state index contributed by atoms with van der Waals surface area (Å²) in [7, 11) is 0. The summed E-state index contributed by atoms with van der Waals surface area (Å²) in [6.07, 6.45) is 2.30. The Labute approximate surface area is 115 Å².